The summed E-state index contributed by atoms with van der Waals surface area (Å²) in [6.45, 7) is 0. The lowest BCUT2D eigenvalue weighted by Crippen LogP contribution is -2.21. The van der Waals surface area contributed by atoms with Gasteiger partial charge in [-0.3, -0.25) is 0 Å². The van der Waals surface area contributed by atoms with Crippen molar-refractivity contribution < 1.29 is 39.9 Å². The second-order valence-corrected chi connectivity index (χ2v) is 3.43. The fraction of sp³-hybridized carbons (Fsp3) is 0.375. The molecule has 0 N–H and O–H groups in total. The van der Waals surface area contributed by atoms with Crippen molar-refractivity contribution in [3.05, 3.63) is 22.5 Å². The Morgan fingerprint density at radius 1 is 1.11 bits per heavy atom. The Hall–Kier alpha value is -1.32. The van der Waals surface area contributed by atoms with Crippen molar-refractivity contribution in [2.75, 3.05) is 0 Å². The van der Waals surface area contributed by atoms with Crippen molar-refractivity contribution in [1.82, 2.24) is 4.98 Å². The smallest absolute Gasteiger partial charge is 0.402 e. The molecule has 1 aromatic rings. The molecule has 2 nitrogen and oxygen atoms in total. The highest BCUT2D eigenvalue weighted by Gasteiger charge is 2.43. The van der Waals surface area contributed by atoms with E-state index in [4.69, 9.17) is 11.6 Å². The zero-order chi connectivity index (χ0) is 15.0. The van der Waals surface area contributed by atoms with Gasteiger partial charge in [-0.25, -0.2) is 13.8 Å². The van der Waals surface area contributed by atoms with Gasteiger partial charge < -0.3 is 4.74 Å². The van der Waals surface area contributed by atoms with Crippen LogP contribution in [0, 0.1) is 0 Å². The van der Waals surface area contributed by atoms with Gasteiger partial charge in [0, 0.05) is 6.20 Å². The van der Waals surface area contributed by atoms with E-state index in [-0.39, 0.29) is 6.20 Å². The van der Waals surface area contributed by atoms with Gasteiger partial charge in [0.1, 0.15) is 0 Å². The molecule has 0 saturated carbocycles. The molecular weight excluding hydrogens is 314 g/mol. The summed E-state index contributed by atoms with van der Waals surface area (Å²) in [5, 5.41) is -1.49. The maximum atomic E-state index is 12.4. The summed E-state index contributed by atoms with van der Waals surface area (Å²) in [5.41, 5.74) is -3.44. The zero-order valence-electron chi connectivity index (χ0n) is 8.41. The molecule has 0 radical (unpaired) electrons. The molecule has 0 atom stereocenters. The Bertz CT molecular complexity index is 469. The van der Waals surface area contributed by atoms with Crippen LogP contribution in [-0.2, 0) is 6.18 Å². The van der Waals surface area contributed by atoms with Crippen molar-refractivity contribution in [2.45, 2.75) is 19.0 Å². The van der Waals surface area contributed by atoms with Gasteiger partial charge in [0.2, 0.25) is 0 Å². The number of hydrogen-bond acceptors (Lipinski definition) is 2. The van der Waals surface area contributed by atoms with E-state index >= 15 is 0 Å². The minimum atomic E-state index is -5.54. The first kappa shape index (κ1) is 15.7. The minimum absolute atomic E-state index is 0.0407. The molecule has 0 aromatic carbocycles. The molecule has 0 bridgehead atoms. The number of alkyl halides is 8. The molecule has 1 rings (SSSR count). The summed E-state index contributed by atoms with van der Waals surface area (Å²) in [5.74, 6) is -2.00. The van der Waals surface area contributed by atoms with Crippen LogP contribution in [0.3, 0.4) is 0 Å². The molecule has 0 aliphatic heterocycles. The van der Waals surface area contributed by atoms with Crippen molar-refractivity contribution in [1.29, 1.82) is 0 Å². The van der Waals surface area contributed by atoms with Crippen LogP contribution in [0.25, 0.3) is 0 Å². The summed E-state index contributed by atoms with van der Waals surface area (Å²) >= 11 is 5.08. The van der Waals surface area contributed by atoms with Crippen molar-refractivity contribution in [3.8, 4) is 5.75 Å². The Morgan fingerprint density at radius 3 is 2.00 bits per heavy atom. The van der Waals surface area contributed by atoms with Gasteiger partial charge in [-0.15, -0.1) is 13.2 Å². The van der Waals surface area contributed by atoms with E-state index < -0.39 is 41.0 Å². The summed E-state index contributed by atoms with van der Waals surface area (Å²) in [4.78, 5) is 2.50. The molecule has 0 saturated heterocycles. The van der Waals surface area contributed by atoms with Crippen LogP contribution in [0.5, 0.6) is 5.75 Å². The molecule has 0 aliphatic carbocycles. The van der Waals surface area contributed by atoms with Crippen molar-refractivity contribution in [3.63, 3.8) is 0 Å². The van der Waals surface area contributed by atoms with Crippen LogP contribution in [0.15, 0.2) is 6.20 Å². The van der Waals surface area contributed by atoms with E-state index in [9.17, 15) is 35.1 Å². The topological polar surface area (TPSA) is 22.1 Å². The van der Waals surface area contributed by atoms with E-state index in [1.165, 1.54) is 0 Å². The van der Waals surface area contributed by atoms with Gasteiger partial charge in [0.05, 0.1) is 10.6 Å². The summed E-state index contributed by atoms with van der Waals surface area (Å²) in [6, 6.07) is 0. The Balaban J connectivity index is 3.47. The van der Waals surface area contributed by atoms with E-state index in [0.29, 0.717) is 0 Å². The zero-order valence-corrected chi connectivity index (χ0v) is 9.17. The van der Waals surface area contributed by atoms with Crippen molar-refractivity contribution >= 4 is 11.6 Å². The molecule has 0 aliphatic rings. The molecule has 11 heteroatoms. The third-order valence-electron chi connectivity index (χ3n) is 1.72. The summed E-state index contributed by atoms with van der Waals surface area (Å²) in [7, 11) is 0. The fourth-order valence-electron chi connectivity index (χ4n) is 1.05. The van der Waals surface area contributed by atoms with Crippen molar-refractivity contribution in [2.24, 2.45) is 0 Å². The average molecular weight is 316 g/mol. The predicted octanol–water partition coefficient (Wildman–Crippen LogP) is 4.59. The van der Waals surface area contributed by atoms with Gasteiger partial charge >= 0.3 is 12.5 Å². The van der Waals surface area contributed by atoms with E-state index in [2.05, 4.69) is 9.72 Å². The second-order valence-electron chi connectivity index (χ2n) is 3.05. The lowest BCUT2D eigenvalue weighted by atomic mass is 10.2. The largest absolute Gasteiger partial charge is 0.573 e. The molecule has 0 unspecified atom stereocenters. The maximum absolute atomic E-state index is 12.4. The van der Waals surface area contributed by atoms with E-state index in [0.717, 1.165) is 0 Å². The highest BCUT2D eigenvalue weighted by Crippen LogP contribution is 2.44. The van der Waals surface area contributed by atoms with Crippen LogP contribution < -0.4 is 4.74 Å². The lowest BCUT2D eigenvalue weighted by molar-refractivity contribution is -0.276. The average Bonchev–Trinajstić information content (AvgIpc) is 2.16. The SMILES string of the molecule is FC(F)c1cnc(C(F)(F)F)c(OC(F)(F)F)c1Cl. The molecule has 0 spiro atoms. The Kier molecular flexibility index (Phi) is 4.13. The molecule has 0 amide bonds. The Morgan fingerprint density at radius 2 is 1.63 bits per heavy atom. The van der Waals surface area contributed by atoms with Gasteiger partial charge in [0.15, 0.2) is 11.4 Å². The molecule has 19 heavy (non-hydrogen) atoms. The van der Waals surface area contributed by atoms with Gasteiger partial charge in [0.25, 0.3) is 6.43 Å². The van der Waals surface area contributed by atoms with Crippen LogP contribution in [0.1, 0.15) is 17.7 Å². The minimum Gasteiger partial charge on any atom is -0.402 e. The fourth-order valence-corrected chi connectivity index (χ4v) is 1.31. The van der Waals surface area contributed by atoms with E-state index in [1.54, 1.807) is 0 Å². The normalized spacial score (nSPS) is 12.9. The number of nitrogens with zero attached hydrogens (tertiary/aromatic N) is 1. The predicted molar refractivity (Wildman–Crippen MR) is 45.9 cm³/mol. The quantitative estimate of drug-likeness (QED) is 0.745. The first-order valence-electron chi connectivity index (χ1n) is 4.23. The molecule has 0 fully saturated rings. The number of halogens is 9. The lowest BCUT2D eigenvalue weighted by Gasteiger charge is -2.17. The Labute approximate surface area is 104 Å². The first-order chi connectivity index (χ1) is 8.43. The van der Waals surface area contributed by atoms with Crippen LogP contribution in [0.2, 0.25) is 5.02 Å². The molecule has 1 aromatic heterocycles. The maximum Gasteiger partial charge on any atom is 0.573 e. The number of aromatic nitrogens is 1. The molecule has 1 heterocycles. The highest BCUT2D eigenvalue weighted by atomic mass is 35.5. The number of ether oxygens (including phenoxy) is 1. The number of pyridine rings is 1. The number of rotatable bonds is 2. The third kappa shape index (κ3) is 3.82. The monoisotopic (exact) mass is 315 g/mol. The second kappa shape index (κ2) is 4.99. The summed E-state index contributed by atoms with van der Waals surface area (Å²) < 4.78 is 101. The molecule has 108 valence electrons. The van der Waals surface area contributed by atoms with Gasteiger partial charge in [-0.1, -0.05) is 11.6 Å². The van der Waals surface area contributed by atoms with E-state index in [1.807, 2.05) is 0 Å². The van der Waals surface area contributed by atoms with Gasteiger partial charge in [-0.05, 0) is 0 Å². The molecular formula is C8H2ClF8NO. The first-order valence-corrected chi connectivity index (χ1v) is 4.60. The van der Waals surface area contributed by atoms with Gasteiger partial charge in [-0.2, -0.15) is 13.2 Å². The number of hydrogen-bond donors (Lipinski definition) is 0. The van der Waals surface area contributed by atoms with Crippen LogP contribution >= 0.6 is 11.6 Å². The third-order valence-corrected chi connectivity index (χ3v) is 2.11. The standard InChI is InChI=1S/C8H2ClF8NO/c9-3-2(6(10)11)1-18-5(7(12,13)14)4(3)19-8(15,16)17/h1,6H. The summed E-state index contributed by atoms with van der Waals surface area (Å²) in [6.07, 6.45) is -14.2. The van der Waals surface area contributed by atoms with Crippen LogP contribution in [0.4, 0.5) is 35.1 Å². The highest BCUT2D eigenvalue weighted by molar-refractivity contribution is 6.33. The van der Waals surface area contributed by atoms with Crippen LogP contribution in [-0.4, -0.2) is 11.3 Å².